The summed E-state index contributed by atoms with van der Waals surface area (Å²) in [5, 5.41) is 6.99. The largest absolute Gasteiger partial charge is 0.487 e. The Labute approximate surface area is 209 Å². The fourth-order valence-corrected chi connectivity index (χ4v) is 4.14. The number of halogens is 1. The van der Waals surface area contributed by atoms with Crippen molar-refractivity contribution in [3.8, 4) is 5.75 Å². The number of benzene rings is 1. The summed E-state index contributed by atoms with van der Waals surface area (Å²) in [5.41, 5.74) is 2.39. The first-order valence-corrected chi connectivity index (χ1v) is 11.4. The molecule has 1 fully saturated rings. The number of ether oxygens (including phenoxy) is 2. The minimum atomic E-state index is 0. The number of rotatable bonds is 11. The van der Waals surface area contributed by atoms with E-state index in [1.54, 1.807) is 6.20 Å². The van der Waals surface area contributed by atoms with E-state index in [1.807, 2.05) is 37.4 Å². The number of nitrogens with one attached hydrogen (secondary N) is 2. The van der Waals surface area contributed by atoms with Crippen molar-refractivity contribution in [2.24, 2.45) is 10.4 Å². The molecule has 0 spiro atoms. The molecule has 0 radical (unpaired) electrons. The number of aliphatic imine (C=N–C) groups is 1. The van der Waals surface area contributed by atoms with Gasteiger partial charge in [0, 0.05) is 39.5 Å². The molecular formula is C25H37IN4O2. The van der Waals surface area contributed by atoms with Gasteiger partial charge in [-0.25, -0.2) is 0 Å². The highest BCUT2D eigenvalue weighted by Gasteiger charge is 2.33. The summed E-state index contributed by atoms with van der Waals surface area (Å²) < 4.78 is 11.5. The van der Waals surface area contributed by atoms with Crippen LogP contribution in [-0.2, 0) is 17.9 Å². The van der Waals surface area contributed by atoms with Crippen LogP contribution in [0.3, 0.4) is 0 Å². The van der Waals surface area contributed by atoms with Crippen LogP contribution in [0.25, 0.3) is 0 Å². The monoisotopic (exact) mass is 552 g/mol. The van der Waals surface area contributed by atoms with Crippen molar-refractivity contribution in [1.29, 1.82) is 0 Å². The highest BCUT2D eigenvalue weighted by Crippen LogP contribution is 2.40. The second kappa shape index (κ2) is 14.3. The van der Waals surface area contributed by atoms with Gasteiger partial charge in [-0.3, -0.25) is 9.98 Å². The van der Waals surface area contributed by atoms with Crippen LogP contribution in [0.5, 0.6) is 5.75 Å². The van der Waals surface area contributed by atoms with E-state index in [2.05, 4.69) is 39.7 Å². The zero-order valence-corrected chi connectivity index (χ0v) is 21.6. The third-order valence-electron chi connectivity index (χ3n) is 5.97. The topological polar surface area (TPSA) is 67.8 Å². The van der Waals surface area contributed by atoms with Gasteiger partial charge in [0.15, 0.2) is 5.96 Å². The van der Waals surface area contributed by atoms with Crippen molar-refractivity contribution >= 4 is 29.9 Å². The molecule has 0 amide bonds. The Morgan fingerprint density at radius 1 is 1.12 bits per heavy atom. The van der Waals surface area contributed by atoms with Gasteiger partial charge in [0.1, 0.15) is 12.4 Å². The van der Waals surface area contributed by atoms with Gasteiger partial charge >= 0.3 is 0 Å². The molecule has 0 bridgehead atoms. The molecular weight excluding hydrogens is 515 g/mol. The first-order valence-electron chi connectivity index (χ1n) is 11.4. The van der Waals surface area contributed by atoms with E-state index in [1.165, 1.54) is 25.7 Å². The van der Waals surface area contributed by atoms with Gasteiger partial charge in [-0.05, 0) is 61.4 Å². The van der Waals surface area contributed by atoms with E-state index in [9.17, 15) is 0 Å². The normalized spacial score (nSPS) is 15.1. The lowest BCUT2D eigenvalue weighted by Gasteiger charge is -2.30. The maximum atomic E-state index is 5.89. The Balaban J connectivity index is 0.00000363. The molecule has 1 aromatic carbocycles. The first kappa shape index (κ1) is 26.4. The molecule has 3 rings (SSSR count). The number of hydrogen-bond donors (Lipinski definition) is 2. The van der Waals surface area contributed by atoms with Gasteiger partial charge in [0.2, 0.25) is 0 Å². The highest BCUT2D eigenvalue weighted by molar-refractivity contribution is 14.0. The van der Waals surface area contributed by atoms with Gasteiger partial charge in [-0.1, -0.05) is 31.0 Å². The van der Waals surface area contributed by atoms with Gasteiger partial charge in [-0.2, -0.15) is 0 Å². The summed E-state index contributed by atoms with van der Waals surface area (Å²) in [6.07, 6.45) is 8.04. The van der Waals surface area contributed by atoms with Gasteiger partial charge in [0.25, 0.3) is 0 Å². The van der Waals surface area contributed by atoms with Gasteiger partial charge < -0.3 is 20.1 Å². The Morgan fingerprint density at radius 2 is 1.97 bits per heavy atom. The Bertz CT molecular complexity index is 811. The van der Waals surface area contributed by atoms with Crippen molar-refractivity contribution < 1.29 is 9.47 Å². The predicted molar refractivity (Wildman–Crippen MR) is 141 cm³/mol. The number of pyridine rings is 1. The Morgan fingerprint density at radius 3 is 2.69 bits per heavy atom. The molecule has 1 aromatic heterocycles. The van der Waals surface area contributed by atoms with Crippen LogP contribution in [0.2, 0.25) is 0 Å². The molecule has 0 aliphatic heterocycles. The predicted octanol–water partition coefficient (Wildman–Crippen LogP) is 4.93. The molecule has 1 aliphatic rings. The fraction of sp³-hybridized carbons (Fsp3) is 0.520. The quantitative estimate of drug-likeness (QED) is 0.179. The standard InChI is InChI=1S/C25H36N4O2.HI/c1-3-30-16-14-25(12-5-6-13-25)20-29-24(26-2)28-18-21-9-8-11-23(17-21)31-19-22-10-4-7-15-27-22;/h4,7-11,15,17H,3,5-6,12-14,16,18-20H2,1-2H3,(H2,26,28,29);1H. The number of nitrogens with zero attached hydrogens (tertiary/aromatic N) is 2. The average Bonchev–Trinajstić information content (AvgIpc) is 3.28. The molecule has 1 saturated carbocycles. The van der Waals surface area contributed by atoms with Crippen molar-refractivity contribution in [2.75, 3.05) is 26.8 Å². The molecule has 2 N–H and O–H groups in total. The summed E-state index contributed by atoms with van der Waals surface area (Å²) in [6, 6.07) is 14.0. The van der Waals surface area contributed by atoms with Crippen molar-refractivity contribution in [3.05, 3.63) is 59.9 Å². The van der Waals surface area contributed by atoms with E-state index in [-0.39, 0.29) is 24.0 Å². The second-order valence-electron chi connectivity index (χ2n) is 8.19. The molecule has 0 unspecified atom stereocenters. The van der Waals surface area contributed by atoms with E-state index < -0.39 is 0 Å². The molecule has 0 atom stereocenters. The van der Waals surface area contributed by atoms with Crippen LogP contribution >= 0.6 is 24.0 Å². The molecule has 2 aromatic rings. The number of guanidine groups is 1. The molecule has 6 nitrogen and oxygen atoms in total. The lowest BCUT2D eigenvalue weighted by molar-refractivity contribution is 0.105. The first-order chi connectivity index (χ1) is 15.2. The van der Waals surface area contributed by atoms with Gasteiger partial charge in [0.05, 0.1) is 5.69 Å². The number of aromatic nitrogens is 1. The van der Waals surface area contributed by atoms with Crippen molar-refractivity contribution in [1.82, 2.24) is 15.6 Å². The Kier molecular flexibility index (Phi) is 11.8. The fourth-order valence-electron chi connectivity index (χ4n) is 4.14. The molecule has 32 heavy (non-hydrogen) atoms. The van der Waals surface area contributed by atoms with Crippen LogP contribution in [0.1, 0.15) is 50.3 Å². The lowest BCUT2D eigenvalue weighted by Crippen LogP contribution is -2.43. The van der Waals surface area contributed by atoms with Crippen LogP contribution in [0.4, 0.5) is 0 Å². The van der Waals surface area contributed by atoms with Crippen LogP contribution in [0, 0.1) is 5.41 Å². The van der Waals surface area contributed by atoms with Gasteiger partial charge in [-0.15, -0.1) is 24.0 Å². The summed E-state index contributed by atoms with van der Waals surface area (Å²) >= 11 is 0. The zero-order valence-electron chi connectivity index (χ0n) is 19.3. The van der Waals surface area contributed by atoms with Crippen LogP contribution < -0.4 is 15.4 Å². The molecule has 0 saturated heterocycles. The lowest BCUT2D eigenvalue weighted by atomic mass is 9.83. The third kappa shape index (κ3) is 8.58. The molecule has 1 aliphatic carbocycles. The second-order valence-corrected chi connectivity index (χ2v) is 8.19. The molecule has 7 heteroatoms. The SMILES string of the molecule is CCOCCC1(CNC(=NC)NCc2cccc(OCc3ccccn3)c2)CCCC1.I. The van der Waals surface area contributed by atoms with Crippen molar-refractivity contribution in [3.63, 3.8) is 0 Å². The maximum absolute atomic E-state index is 5.89. The van der Waals surface area contributed by atoms with Crippen molar-refractivity contribution in [2.45, 2.75) is 52.2 Å². The van der Waals surface area contributed by atoms with E-state index >= 15 is 0 Å². The molecule has 1 heterocycles. The summed E-state index contributed by atoms with van der Waals surface area (Å²) in [5.74, 6) is 1.68. The molecule has 176 valence electrons. The summed E-state index contributed by atoms with van der Waals surface area (Å²) in [7, 11) is 1.82. The summed E-state index contributed by atoms with van der Waals surface area (Å²) in [4.78, 5) is 8.71. The maximum Gasteiger partial charge on any atom is 0.191 e. The number of hydrogen-bond acceptors (Lipinski definition) is 4. The zero-order chi connectivity index (χ0) is 21.8. The average molecular weight is 553 g/mol. The van der Waals surface area contributed by atoms with E-state index in [0.29, 0.717) is 18.6 Å². The summed E-state index contributed by atoms with van der Waals surface area (Å²) in [6.45, 7) is 5.78. The van der Waals surface area contributed by atoms with Crippen LogP contribution in [0.15, 0.2) is 53.7 Å². The van der Waals surface area contributed by atoms with E-state index in [0.717, 1.165) is 49.1 Å². The smallest absolute Gasteiger partial charge is 0.191 e. The minimum Gasteiger partial charge on any atom is -0.487 e. The minimum absolute atomic E-state index is 0. The van der Waals surface area contributed by atoms with E-state index in [4.69, 9.17) is 9.47 Å². The highest BCUT2D eigenvalue weighted by atomic mass is 127. The third-order valence-corrected chi connectivity index (χ3v) is 5.97. The van der Waals surface area contributed by atoms with Crippen LogP contribution in [-0.4, -0.2) is 37.7 Å². The Hall–Kier alpha value is -1.87.